The molecule has 0 amide bonds. The number of aromatic amines is 2. The van der Waals surface area contributed by atoms with Crippen molar-refractivity contribution in [3.8, 4) is 22.5 Å². The predicted molar refractivity (Wildman–Crippen MR) is 189 cm³/mol. The zero-order valence-electron chi connectivity index (χ0n) is 26.3. The number of benzene rings is 3. The van der Waals surface area contributed by atoms with Gasteiger partial charge in [-0.05, 0) is 48.2 Å². The van der Waals surface area contributed by atoms with Crippen LogP contribution in [0.4, 0.5) is 0 Å². The molecule has 9 rings (SSSR count). The van der Waals surface area contributed by atoms with Gasteiger partial charge >= 0.3 is 0 Å². The number of fused-ring (bicyclic) bond motifs is 9. The van der Waals surface area contributed by atoms with Crippen molar-refractivity contribution in [2.45, 2.75) is 39.8 Å². The molecule has 0 spiro atoms. The van der Waals surface area contributed by atoms with E-state index in [1.807, 2.05) is 0 Å². The highest BCUT2D eigenvalue weighted by molar-refractivity contribution is 5.94. The van der Waals surface area contributed by atoms with Gasteiger partial charge in [0.25, 0.3) is 0 Å². The van der Waals surface area contributed by atoms with E-state index in [1.165, 1.54) is 89.1 Å². The van der Waals surface area contributed by atoms with E-state index < -0.39 is 0 Å². The van der Waals surface area contributed by atoms with Crippen molar-refractivity contribution >= 4 is 46.1 Å². The molecule has 0 aliphatic carbocycles. The molecule has 0 fully saturated rings. The van der Waals surface area contributed by atoms with E-state index in [0.29, 0.717) is 0 Å². The second kappa shape index (κ2) is 10.6. The molecule has 7 aromatic rings. The average Bonchev–Trinajstić information content (AvgIpc) is 3.59. The molecule has 0 radical (unpaired) electrons. The molecule has 2 aliphatic heterocycles. The van der Waals surface area contributed by atoms with Gasteiger partial charge in [0, 0.05) is 81.4 Å². The molecule has 0 atom stereocenters. The monoisotopic (exact) mass is 596 g/mol. The smallest absolute Gasteiger partial charge is 0.214 e. The quantitative estimate of drug-likeness (QED) is 0.191. The van der Waals surface area contributed by atoms with Crippen molar-refractivity contribution in [1.82, 2.24) is 9.97 Å². The third-order valence-corrected chi connectivity index (χ3v) is 10.0. The lowest BCUT2D eigenvalue weighted by Crippen LogP contribution is -2.43. The molecule has 2 aliphatic rings. The van der Waals surface area contributed by atoms with E-state index in [1.54, 1.807) is 0 Å². The second-order valence-electron chi connectivity index (χ2n) is 12.8. The zero-order chi connectivity index (χ0) is 30.8. The number of hydrogen-bond acceptors (Lipinski definition) is 0. The Morgan fingerprint density at radius 3 is 1.48 bits per heavy atom. The summed E-state index contributed by atoms with van der Waals surface area (Å²) in [7, 11) is 0. The molecule has 222 valence electrons. The number of pyridine rings is 2. The van der Waals surface area contributed by atoms with Crippen LogP contribution in [0.1, 0.15) is 44.8 Å². The fourth-order valence-corrected chi connectivity index (χ4v) is 7.68. The van der Waals surface area contributed by atoms with Crippen molar-refractivity contribution in [2.24, 2.45) is 0 Å². The standard InChI is InChI=1S/C42H34N4/c1-27-33(35-7-3-5-9-37(35)43-27)15-11-29-17-21-45-23-19-31-13-14-32-20-24-46-22-18-30(26-40(46)42(32)41(31)39(45)25-29)12-16-34-28(2)44-38-10-6-4-8-36(34)38/h3-18,21-22,25-26H,19-20,23-24H2,1-2H3/p+2. The molecule has 2 N–H and O–H groups in total. The van der Waals surface area contributed by atoms with Gasteiger partial charge in [-0.25, -0.2) is 0 Å². The lowest BCUT2D eigenvalue weighted by molar-refractivity contribution is -0.689. The Morgan fingerprint density at radius 1 is 0.543 bits per heavy atom. The normalized spacial score (nSPS) is 13.8. The minimum absolute atomic E-state index is 0.999. The van der Waals surface area contributed by atoms with Gasteiger partial charge < -0.3 is 9.97 Å². The van der Waals surface area contributed by atoms with Crippen molar-refractivity contribution < 1.29 is 9.13 Å². The van der Waals surface area contributed by atoms with Crippen molar-refractivity contribution in [3.05, 3.63) is 142 Å². The summed E-state index contributed by atoms with van der Waals surface area (Å²) in [6.07, 6.45) is 15.7. The molecule has 46 heavy (non-hydrogen) atoms. The van der Waals surface area contributed by atoms with E-state index in [-0.39, 0.29) is 0 Å². The van der Waals surface area contributed by atoms with E-state index in [2.05, 4.69) is 155 Å². The molecule has 0 saturated carbocycles. The number of aryl methyl sites for hydroxylation is 6. The molecular formula is C42H36N4+2. The maximum Gasteiger partial charge on any atom is 0.214 e. The highest BCUT2D eigenvalue weighted by Gasteiger charge is 2.33. The van der Waals surface area contributed by atoms with Gasteiger partial charge in [-0.15, -0.1) is 0 Å². The first-order chi connectivity index (χ1) is 22.6. The predicted octanol–water partition coefficient (Wildman–Crippen LogP) is 8.63. The average molecular weight is 597 g/mol. The van der Waals surface area contributed by atoms with Gasteiger partial charge in [0.2, 0.25) is 11.4 Å². The molecular weight excluding hydrogens is 560 g/mol. The molecule has 0 unspecified atom stereocenters. The van der Waals surface area contributed by atoms with Crippen LogP contribution >= 0.6 is 0 Å². The summed E-state index contributed by atoms with van der Waals surface area (Å²) < 4.78 is 4.89. The van der Waals surface area contributed by atoms with Crippen LogP contribution in [0.2, 0.25) is 0 Å². The minimum Gasteiger partial charge on any atom is -0.358 e. The van der Waals surface area contributed by atoms with Crippen LogP contribution in [-0.4, -0.2) is 9.97 Å². The van der Waals surface area contributed by atoms with Crippen LogP contribution in [0, 0.1) is 13.8 Å². The number of para-hydroxylation sites is 2. The number of rotatable bonds is 4. The number of nitrogens with one attached hydrogen (secondary N) is 2. The van der Waals surface area contributed by atoms with Crippen LogP contribution in [0.25, 0.3) is 68.6 Å². The first kappa shape index (κ1) is 26.9. The number of H-pyrrole nitrogens is 2. The van der Waals surface area contributed by atoms with Crippen molar-refractivity contribution in [3.63, 3.8) is 0 Å². The second-order valence-corrected chi connectivity index (χ2v) is 12.8. The van der Waals surface area contributed by atoms with Crippen LogP contribution in [0.5, 0.6) is 0 Å². The van der Waals surface area contributed by atoms with Crippen LogP contribution in [0.3, 0.4) is 0 Å². The summed E-state index contributed by atoms with van der Waals surface area (Å²) >= 11 is 0. The SMILES string of the molecule is Cc1[nH]c2ccccc2c1C=Cc1cc[n+]2c(c1)-c1c(ccc3c1-c1cc(C=Cc4c(C)[nH]c5ccccc45)cc[n+]1CC3)CC2. The molecule has 0 saturated heterocycles. The lowest BCUT2D eigenvalue weighted by atomic mass is 9.84. The molecule has 0 bridgehead atoms. The summed E-state index contributed by atoms with van der Waals surface area (Å²) in [5, 5.41) is 2.53. The van der Waals surface area contributed by atoms with Crippen LogP contribution in [-0.2, 0) is 25.9 Å². The van der Waals surface area contributed by atoms with Crippen LogP contribution < -0.4 is 9.13 Å². The Bertz CT molecular complexity index is 2230. The van der Waals surface area contributed by atoms with Crippen LogP contribution in [0.15, 0.2) is 97.3 Å². The highest BCUT2D eigenvalue weighted by atomic mass is 15.0. The summed E-state index contributed by atoms with van der Waals surface area (Å²) in [4.78, 5) is 7.08. The summed E-state index contributed by atoms with van der Waals surface area (Å²) in [6, 6.07) is 31.2. The van der Waals surface area contributed by atoms with E-state index in [9.17, 15) is 0 Å². The Balaban J connectivity index is 1.13. The zero-order valence-corrected chi connectivity index (χ0v) is 26.3. The first-order valence-electron chi connectivity index (χ1n) is 16.3. The Labute approximate surface area is 269 Å². The maximum absolute atomic E-state index is 3.54. The fraction of sp³-hybridized carbons (Fsp3) is 0.143. The molecule has 4 aromatic heterocycles. The topological polar surface area (TPSA) is 39.3 Å². The van der Waals surface area contributed by atoms with E-state index in [4.69, 9.17) is 0 Å². The van der Waals surface area contributed by atoms with Gasteiger partial charge in [0.15, 0.2) is 25.5 Å². The lowest BCUT2D eigenvalue weighted by Gasteiger charge is -2.23. The fourth-order valence-electron chi connectivity index (χ4n) is 7.68. The summed E-state index contributed by atoms with van der Waals surface area (Å²) in [5.41, 5.74) is 18.0. The number of nitrogens with zero attached hydrogens (tertiary/aromatic N) is 2. The molecule has 4 nitrogen and oxygen atoms in total. The highest BCUT2D eigenvalue weighted by Crippen LogP contribution is 2.40. The number of hydrogen-bond donors (Lipinski definition) is 2. The third kappa shape index (κ3) is 4.36. The van der Waals surface area contributed by atoms with Gasteiger partial charge in [0.05, 0.1) is 11.1 Å². The van der Waals surface area contributed by atoms with E-state index >= 15 is 0 Å². The molecule has 4 heteroatoms. The summed E-state index contributed by atoms with van der Waals surface area (Å²) in [5.74, 6) is 0. The maximum atomic E-state index is 3.54. The van der Waals surface area contributed by atoms with Gasteiger partial charge in [-0.1, -0.05) is 72.8 Å². The van der Waals surface area contributed by atoms with Crippen molar-refractivity contribution in [2.75, 3.05) is 0 Å². The Morgan fingerprint density at radius 2 is 1.00 bits per heavy atom. The summed E-state index contributed by atoms with van der Waals surface area (Å²) in [6.45, 7) is 6.31. The van der Waals surface area contributed by atoms with E-state index in [0.717, 1.165) is 25.9 Å². The number of aromatic nitrogens is 4. The minimum atomic E-state index is 0.999. The third-order valence-electron chi connectivity index (χ3n) is 10.0. The van der Waals surface area contributed by atoms with Gasteiger partial charge in [-0.3, -0.25) is 0 Å². The van der Waals surface area contributed by atoms with Crippen molar-refractivity contribution in [1.29, 1.82) is 0 Å². The first-order valence-corrected chi connectivity index (χ1v) is 16.3. The molecule has 6 heterocycles. The largest absolute Gasteiger partial charge is 0.358 e. The van der Waals surface area contributed by atoms with Gasteiger partial charge in [0.1, 0.15) is 0 Å². The van der Waals surface area contributed by atoms with Gasteiger partial charge in [-0.2, -0.15) is 9.13 Å². The Hall–Kier alpha value is -5.48. The Kier molecular flexibility index (Phi) is 6.17. The molecule has 3 aromatic carbocycles.